The fourth-order valence-electron chi connectivity index (χ4n) is 2.58. The summed E-state index contributed by atoms with van der Waals surface area (Å²) in [4.78, 5) is 28.3. The molecule has 0 aliphatic carbocycles. The van der Waals surface area contributed by atoms with Crippen LogP contribution in [-0.2, 0) is 20.9 Å². The lowest BCUT2D eigenvalue weighted by Gasteiger charge is -2.11. The standard InChI is InChI=1S/C23H22N2O5/c1-16(25-21(26)13-10-17-8-11-19(28-2)12-9-17)23(27)29-15-22-24-14-20(30-22)18-6-4-3-5-7-18/h3-14,16H,15H2,1-2H3,(H,25,26). The lowest BCUT2D eigenvalue weighted by Crippen LogP contribution is -2.38. The van der Waals surface area contributed by atoms with Gasteiger partial charge in [0, 0.05) is 11.6 Å². The van der Waals surface area contributed by atoms with E-state index in [1.54, 1.807) is 38.4 Å². The largest absolute Gasteiger partial charge is 0.497 e. The van der Waals surface area contributed by atoms with Crippen molar-refractivity contribution in [3.63, 3.8) is 0 Å². The second-order valence-corrected chi connectivity index (χ2v) is 6.43. The number of amides is 1. The third kappa shape index (κ3) is 5.81. The SMILES string of the molecule is COc1ccc(C=CC(=O)NC(C)C(=O)OCc2ncc(-c3ccccc3)o2)cc1. The average Bonchev–Trinajstić information content (AvgIpc) is 3.26. The topological polar surface area (TPSA) is 90.7 Å². The first-order valence-electron chi connectivity index (χ1n) is 9.34. The summed E-state index contributed by atoms with van der Waals surface area (Å²) in [5.74, 6) is 0.611. The van der Waals surface area contributed by atoms with E-state index in [2.05, 4.69) is 10.3 Å². The van der Waals surface area contributed by atoms with Gasteiger partial charge in [0.1, 0.15) is 11.8 Å². The Kier molecular flexibility index (Phi) is 7.00. The Morgan fingerprint density at radius 2 is 1.87 bits per heavy atom. The number of hydrogen-bond donors (Lipinski definition) is 1. The summed E-state index contributed by atoms with van der Waals surface area (Å²) >= 11 is 0. The fourth-order valence-corrected chi connectivity index (χ4v) is 2.58. The fraction of sp³-hybridized carbons (Fsp3) is 0.174. The predicted molar refractivity (Wildman–Crippen MR) is 111 cm³/mol. The number of methoxy groups -OCH3 is 1. The molecule has 3 rings (SSSR count). The molecule has 3 aromatic rings. The van der Waals surface area contributed by atoms with Crippen LogP contribution in [0, 0.1) is 0 Å². The molecular weight excluding hydrogens is 384 g/mol. The maximum Gasteiger partial charge on any atom is 0.328 e. The van der Waals surface area contributed by atoms with Crippen molar-refractivity contribution in [1.29, 1.82) is 0 Å². The average molecular weight is 406 g/mol. The number of nitrogens with one attached hydrogen (secondary N) is 1. The molecule has 0 bridgehead atoms. The summed E-state index contributed by atoms with van der Waals surface area (Å²) in [6.45, 7) is 1.43. The Balaban J connectivity index is 1.46. The number of oxazole rings is 1. The van der Waals surface area contributed by atoms with Gasteiger partial charge < -0.3 is 19.2 Å². The molecule has 1 amide bonds. The molecule has 1 aromatic heterocycles. The summed E-state index contributed by atoms with van der Waals surface area (Å²) in [6, 6.07) is 15.9. The highest BCUT2D eigenvalue weighted by atomic mass is 16.5. The highest BCUT2D eigenvalue weighted by molar-refractivity contribution is 5.94. The first-order chi connectivity index (χ1) is 14.5. The molecule has 30 heavy (non-hydrogen) atoms. The van der Waals surface area contributed by atoms with E-state index in [9.17, 15) is 9.59 Å². The van der Waals surface area contributed by atoms with E-state index in [1.165, 1.54) is 6.08 Å². The van der Waals surface area contributed by atoms with Gasteiger partial charge in [-0.1, -0.05) is 42.5 Å². The molecule has 0 saturated carbocycles. The van der Waals surface area contributed by atoms with Crippen LogP contribution in [0.5, 0.6) is 5.75 Å². The molecule has 2 aromatic carbocycles. The molecule has 7 nitrogen and oxygen atoms in total. The van der Waals surface area contributed by atoms with Crippen molar-refractivity contribution in [1.82, 2.24) is 10.3 Å². The van der Waals surface area contributed by atoms with Gasteiger partial charge in [-0.2, -0.15) is 0 Å². The zero-order chi connectivity index (χ0) is 21.3. The van der Waals surface area contributed by atoms with E-state index in [4.69, 9.17) is 13.9 Å². The molecular formula is C23H22N2O5. The quantitative estimate of drug-likeness (QED) is 0.454. The normalized spacial score (nSPS) is 11.8. The molecule has 1 unspecified atom stereocenters. The maximum atomic E-state index is 12.1. The molecule has 0 aliphatic rings. The molecule has 0 fully saturated rings. The number of carbonyl (C=O) groups excluding carboxylic acids is 2. The van der Waals surface area contributed by atoms with E-state index in [1.807, 2.05) is 42.5 Å². The van der Waals surface area contributed by atoms with Crippen LogP contribution in [-0.4, -0.2) is 30.0 Å². The zero-order valence-electron chi connectivity index (χ0n) is 16.7. The van der Waals surface area contributed by atoms with E-state index in [0.29, 0.717) is 5.76 Å². The second-order valence-electron chi connectivity index (χ2n) is 6.43. The Morgan fingerprint density at radius 1 is 1.13 bits per heavy atom. The number of hydrogen-bond acceptors (Lipinski definition) is 6. The van der Waals surface area contributed by atoms with Gasteiger partial charge in [-0.3, -0.25) is 4.79 Å². The van der Waals surface area contributed by atoms with Gasteiger partial charge >= 0.3 is 5.97 Å². The number of rotatable bonds is 8. The summed E-state index contributed by atoms with van der Waals surface area (Å²) in [6.07, 6.45) is 4.57. The highest BCUT2D eigenvalue weighted by Crippen LogP contribution is 2.20. The van der Waals surface area contributed by atoms with Gasteiger partial charge in [-0.05, 0) is 30.7 Å². The highest BCUT2D eigenvalue weighted by Gasteiger charge is 2.17. The van der Waals surface area contributed by atoms with Crippen molar-refractivity contribution in [2.75, 3.05) is 7.11 Å². The third-order valence-electron chi connectivity index (χ3n) is 4.21. The minimum Gasteiger partial charge on any atom is -0.497 e. The zero-order valence-corrected chi connectivity index (χ0v) is 16.7. The molecule has 0 radical (unpaired) electrons. The lowest BCUT2D eigenvalue weighted by molar-refractivity contribution is -0.148. The van der Waals surface area contributed by atoms with Crippen LogP contribution in [0.25, 0.3) is 17.4 Å². The summed E-state index contributed by atoms with van der Waals surface area (Å²) in [5.41, 5.74) is 1.71. The van der Waals surface area contributed by atoms with Gasteiger partial charge in [0.05, 0.1) is 13.3 Å². The minimum atomic E-state index is -0.818. The molecule has 0 aliphatic heterocycles. The van der Waals surface area contributed by atoms with Crippen molar-refractivity contribution < 1.29 is 23.5 Å². The van der Waals surface area contributed by atoms with Crippen molar-refractivity contribution in [2.24, 2.45) is 0 Å². The molecule has 1 heterocycles. The minimum absolute atomic E-state index is 0.117. The van der Waals surface area contributed by atoms with Crippen LogP contribution in [0.3, 0.4) is 0 Å². The number of nitrogens with zero attached hydrogens (tertiary/aromatic N) is 1. The van der Waals surface area contributed by atoms with Gasteiger partial charge in [-0.25, -0.2) is 9.78 Å². The molecule has 1 atom stereocenters. The number of benzene rings is 2. The van der Waals surface area contributed by atoms with Gasteiger partial charge in [0.2, 0.25) is 11.8 Å². The predicted octanol–water partition coefficient (Wildman–Crippen LogP) is 3.61. The van der Waals surface area contributed by atoms with Crippen molar-refractivity contribution >= 4 is 18.0 Å². The van der Waals surface area contributed by atoms with Crippen LogP contribution in [0.4, 0.5) is 0 Å². The number of carbonyl (C=O) groups is 2. The molecule has 0 spiro atoms. The van der Waals surface area contributed by atoms with Gasteiger partial charge in [-0.15, -0.1) is 0 Å². The smallest absolute Gasteiger partial charge is 0.328 e. The van der Waals surface area contributed by atoms with E-state index >= 15 is 0 Å². The van der Waals surface area contributed by atoms with Crippen LogP contribution in [0.2, 0.25) is 0 Å². The number of esters is 1. The summed E-state index contributed by atoms with van der Waals surface area (Å²) < 4.78 is 15.9. The summed E-state index contributed by atoms with van der Waals surface area (Å²) in [5, 5.41) is 2.56. The van der Waals surface area contributed by atoms with Crippen LogP contribution < -0.4 is 10.1 Å². The first kappa shape index (κ1) is 20.9. The monoisotopic (exact) mass is 406 g/mol. The number of ether oxygens (including phenoxy) is 2. The van der Waals surface area contributed by atoms with E-state index in [-0.39, 0.29) is 12.5 Å². The Morgan fingerprint density at radius 3 is 2.57 bits per heavy atom. The van der Waals surface area contributed by atoms with Crippen LogP contribution >= 0.6 is 0 Å². The van der Waals surface area contributed by atoms with Crippen LogP contribution in [0.1, 0.15) is 18.4 Å². The van der Waals surface area contributed by atoms with Gasteiger partial charge in [0.15, 0.2) is 12.4 Å². The Labute approximate surface area is 174 Å². The Bertz CT molecular complexity index is 1010. The van der Waals surface area contributed by atoms with E-state index < -0.39 is 17.9 Å². The molecule has 7 heteroatoms. The van der Waals surface area contributed by atoms with E-state index in [0.717, 1.165) is 16.9 Å². The van der Waals surface area contributed by atoms with Crippen molar-refractivity contribution in [3.05, 3.63) is 78.3 Å². The van der Waals surface area contributed by atoms with Crippen molar-refractivity contribution in [2.45, 2.75) is 19.6 Å². The Hall–Kier alpha value is -3.87. The lowest BCUT2D eigenvalue weighted by atomic mass is 10.2. The molecule has 0 saturated heterocycles. The molecule has 154 valence electrons. The van der Waals surface area contributed by atoms with Crippen LogP contribution in [0.15, 0.2) is 71.3 Å². The van der Waals surface area contributed by atoms with Crippen molar-refractivity contribution in [3.8, 4) is 17.1 Å². The maximum absolute atomic E-state index is 12.1. The van der Waals surface area contributed by atoms with Gasteiger partial charge in [0.25, 0.3) is 0 Å². The second kappa shape index (κ2) is 10.1. The summed E-state index contributed by atoms with van der Waals surface area (Å²) in [7, 11) is 1.59. The molecule has 1 N–H and O–H groups in total. The number of aromatic nitrogens is 1. The first-order valence-corrected chi connectivity index (χ1v) is 9.34. The third-order valence-corrected chi connectivity index (χ3v) is 4.21.